The number of rotatable bonds is 4. The minimum atomic E-state index is -2.65. The van der Waals surface area contributed by atoms with E-state index in [0.717, 1.165) is 47.9 Å². The number of benzene rings is 2. The summed E-state index contributed by atoms with van der Waals surface area (Å²) in [6, 6.07) is 9.89. The SMILES string of the molecule is CC(C)c1ccc(-c2cc(C#CC3=CCCCC3)c(O)c3c2C[C@H]2C[C@H]4[C@H](C(C)C)C(=O)C(C(N)=O)=C(O)[C@@]4(O)C(=O)C2=C3O)cc1. The third kappa shape index (κ3) is 5.08. The van der Waals surface area contributed by atoms with Crippen molar-refractivity contribution in [3.05, 3.63) is 81.1 Å². The van der Waals surface area contributed by atoms with Crippen molar-refractivity contribution in [3.8, 4) is 28.7 Å². The van der Waals surface area contributed by atoms with Crippen molar-refractivity contribution >= 4 is 23.2 Å². The first-order valence-corrected chi connectivity index (χ1v) is 16.5. The second kappa shape index (κ2) is 11.9. The molecule has 1 amide bonds. The summed E-state index contributed by atoms with van der Waals surface area (Å²) in [6.45, 7) is 7.71. The predicted octanol–water partition coefficient (Wildman–Crippen LogP) is 5.95. The number of carbonyl (C=O) groups is 3. The molecule has 1 fully saturated rings. The largest absolute Gasteiger partial charge is 0.508 e. The van der Waals surface area contributed by atoms with Crippen molar-refractivity contribution < 1.29 is 34.8 Å². The Hall–Kier alpha value is -4.61. The van der Waals surface area contributed by atoms with Crippen molar-refractivity contribution in [1.29, 1.82) is 0 Å². The second-order valence-corrected chi connectivity index (χ2v) is 14.0. The van der Waals surface area contributed by atoms with E-state index in [-0.39, 0.29) is 35.3 Å². The maximum Gasteiger partial charge on any atom is 0.255 e. The number of Topliss-reactive ketones (excluding diaryl/α,β-unsaturated/α-hetero) is 2. The van der Waals surface area contributed by atoms with E-state index in [1.165, 1.54) is 0 Å². The highest BCUT2D eigenvalue weighted by atomic mass is 16.3. The number of hydrogen-bond acceptors (Lipinski definition) is 7. The van der Waals surface area contributed by atoms with E-state index >= 15 is 0 Å². The number of hydrogen-bond donors (Lipinski definition) is 5. The number of phenolic OH excluding ortho intramolecular Hbond substituents is 1. The van der Waals surface area contributed by atoms with Crippen LogP contribution in [0.25, 0.3) is 16.9 Å². The fourth-order valence-corrected chi connectivity index (χ4v) is 8.05. The molecule has 0 unspecified atom stereocenters. The molecule has 1 saturated carbocycles. The van der Waals surface area contributed by atoms with Gasteiger partial charge in [0.1, 0.15) is 22.8 Å². The summed E-state index contributed by atoms with van der Waals surface area (Å²) < 4.78 is 0. The lowest BCUT2D eigenvalue weighted by Crippen LogP contribution is -2.62. The number of phenols is 1. The molecule has 4 aliphatic rings. The van der Waals surface area contributed by atoms with Crippen LogP contribution in [0.2, 0.25) is 0 Å². The summed E-state index contributed by atoms with van der Waals surface area (Å²) in [5.41, 5.74) is 6.52. The lowest BCUT2D eigenvalue weighted by molar-refractivity contribution is -0.155. The Balaban J connectivity index is 1.58. The number of aliphatic hydroxyl groups excluding tert-OH is 2. The summed E-state index contributed by atoms with van der Waals surface area (Å²) in [6.07, 6.45) is 6.30. The van der Waals surface area contributed by atoms with E-state index in [9.17, 15) is 34.8 Å². The molecule has 4 atom stereocenters. The van der Waals surface area contributed by atoms with Crippen molar-refractivity contribution in [2.45, 2.75) is 77.7 Å². The first-order chi connectivity index (χ1) is 22.3. The predicted molar refractivity (Wildman–Crippen MR) is 178 cm³/mol. The van der Waals surface area contributed by atoms with Gasteiger partial charge in [-0.2, -0.15) is 0 Å². The van der Waals surface area contributed by atoms with Crippen LogP contribution >= 0.6 is 0 Å². The molecule has 0 bridgehead atoms. The Morgan fingerprint density at radius 2 is 1.72 bits per heavy atom. The van der Waals surface area contributed by atoms with Gasteiger partial charge in [0.25, 0.3) is 5.91 Å². The Labute approximate surface area is 274 Å². The molecule has 0 radical (unpaired) electrons. The smallest absolute Gasteiger partial charge is 0.255 e. The zero-order valence-corrected chi connectivity index (χ0v) is 27.2. The van der Waals surface area contributed by atoms with E-state index in [1.807, 2.05) is 30.3 Å². The van der Waals surface area contributed by atoms with E-state index in [4.69, 9.17) is 5.73 Å². The molecule has 2 aromatic carbocycles. The van der Waals surface area contributed by atoms with Gasteiger partial charge in [-0.3, -0.25) is 14.4 Å². The monoisotopic (exact) mass is 635 g/mol. The number of nitrogens with two attached hydrogens (primary N) is 1. The van der Waals surface area contributed by atoms with Gasteiger partial charge in [0.2, 0.25) is 5.78 Å². The Morgan fingerprint density at radius 1 is 1.02 bits per heavy atom. The number of allylic oxidation sites excluding steroid dienone is 2. The molecule has 244 valence electrons. The van der Waals surface area contributed by atoms with Gasteiger partial charge in [-0.25, -0.2) is 0 Å². The first-order valence-electron chi connectivity index (χ1n) is 16.5. The molecule has 8 nitrogen and oxygen atoms in total. The molecule has 8 heteroatoms. The second-order valence-electron chi connectivity index (χ2n) is 14.0. The summed E-state index contributed by atoms with van der Waals surface area (Å²) in [4.78, 5) is 40.1. The van der Waals surface area contributed by atoms with Crippen LogP contribution in [0, 0.1) is 35.5 Å². The first kappa shape index (κ1) is 32.3. The van der Waals surface area contributed by atoms with Gasteiger partial charge >= 0.3 is 0 Å². The average molecular weight is 636 g/mol. The average Bonchev–Trinajstić information content (AvgIpc) is 3.02. The normalized spacial score (nSPS) is 25.6. The Kier molecular flexibility index (Phi) is 8.17. The third-order valence-electron chi connectivity index (χ3n) is 10.5. The summed E-state index contributed by atoms with van der Waals surface area (Å²) in [5, 5.41) is 46.7. The van der Waals surface area contributed by atoms with Gasteiger partial charge in [0.15, 0.2) is 11.4 Å². The van der Waals surface area contributed by atoms with Gasteiger partial charge in [-0.05, 0) is 90.2 Å². The highest BCUT2D eigenvalue weighted by Crippen LogP contribution is 2.55. The highest BCUT2D eigenvalue weighted by molar-refractivity contribution is 6.23. The summed E-state index contributed by atoms with van der Waals surface area (Å²) >= 11 is 0. The number of primary amides is 1. The molecule has 0 heterocycles. The van der Waals surface area contributed by atoms with Crippen LogP contribution in [0.4, 0.5) is 0 Å². The molecule has 47 heavy (non-hydrogen) atoms. The maximum atomic E-state index is 14.3. The van der Waals surface area contributed by atoms with Crippen molar-refractivity contribution in [1.82, 2.24) is 0 Å². The van der Waals surface area contributed by atoms with Gasteiger partial charge in [0, 0.05) is 17.4 Å². The minimum absolute atomic E-state index is 0.0462. The maximum absolute atomic E-state index is 14.3. The fourth-order valence-electron chi connectivity index (χ4n) is 8.05. The van der Waals surface area contributed by atoms with Crippen molar-refractivity contribution in [2.24, 2.45) is 29.4 Å². The standard InChI is InChI=1S/C39H41NO7/c1-19(2)22-12-14-23(15-13-22)26-16-24(11-10-21-8-6-5-7-9-21)33(41)31-27(26)17-25-18-28-29(20(3)4)34(42)32(38(40)46)37(45)39(28,47)36(44)30(25)35(31)43/h8,12-16,19-20,25,28-29,41,43,45,47H,5-7,9,17-18H2,1-4H3,(H2,40,46)/t25-,28-,29-,39-/m0/s1. The number of fused-ring (bicyclic) bond motifs is 3. The van der Waals surface area contributed by atoms with Crippen LogP contribution in [-0.2, 0) is 20.8 Å². The van der Waals surface area contributed by atoms with Gasteiger partial charge in [-0.15, -0.1) is 0 Å². The topological polar surface area (TPSA) is 158 Å². The van der Waals surface area contributed by atoms with E-state index in [2.05, 4.69) is 31.8 Å². The molecule has 0 aliphatic heterocycles. The zero-order valence-electron chi connectivity index (χ0n) is 27.2. The fraction of sp³-hybridized carbons (Fsp3) is 0.410. The number of aromatic hydroxyl groups is 1. The molecule has 0 aromatic heterocycles. The number of amides is 1. The molecular formula is C39H41NO7. The van der Waals surface area contributed by atoms with E-state index < -0.39 is 63.8 Å². The van der Waals surface area contributed by atoms with Crippen LogP contribution in [0.5, 0.6) is 5.75 Å². The van der Waals surface area contributed by atoms with Gasteiger partial charge in [-0.1, -0.05) is 69.9 Å². The summed E-state index contributed by atoms with van der Waals surface area (Å²) in [5.74, 6) is -1.32. The van der Waals surface area contributed by atoms with Crippen molar-refractivity contribution in [2.75, 3.05) is 0 Å². The summed E-state index contributed by atoms with van der Waals surface area (Å²) in [7, 11) is 0. The van der Waals surface area contributed by atoms with Crippen LogP contribution < -0.4 is 5.73 Å². The Bertz CT molecular complexity index is 1860. The van der Waals surface area contributed by atoms with Crippen LogP contribution in [0.3, 0.4) is 0 Å². The quantitative estimate of drug-likeness (QED) is 0.205. The molecule has 2 aromatic rings. The van der Waals surface area contributed by atoms with Crippen molar-refractivity contribution in [3.63, 3.8) is 0 Å². The van der Waals surface area contributed by atoms with E-state index in [1.54, 1.807) is 13.8 Å². The molecule has 0 spiro atoms. The molecule has 6 N–H and O–H groups in total. The van der Waals surface area contributed by atoms with Gasteiger partial charge < -0.3 is 26.2 Å². The van der Waals surface area contributed by atoms with Crippen LogP contribution in [0.1, 0.15) is 88.0 Å². The molecular weight excluding hydrogens is 594 g/mol. The number of carbonyl (C=O) groups excluding carboxylic acids is 3. The number of aliphatic hydroxyl groups is 3. The number of ketones is 2. The molecule has 6 rings (SSSR count). The lowest BCUT2D eigenvalue weighted by Gasteiger charge is -2.50. The van der Waals surface area contributed by atoms with E-state index in [0.29, 0.717) is 11.5 Å². The third-order valence-corrected chi connectivity index (χ3v) is 10.5. The van der Waals surface area contributed by atoms with Gasteiger partial charge in [0.05, 0.1) is 11.1 Å². The van der Waals surface area contributed by atoms with Crippen LogP contribution in [-0.4, -0.2) is 43.5 Å². The van der Waals surface area contributed by atoms with Crippen LogP contribution in [0.15, 0.2) is 58.9 Å². The Morgan fingerprint density at radius 3 is 2.32 bits per heavy atom. The molecule has 4 aliphatic carbocycles. The zero-order chi connectivity index (χ0) is 33.9. The minimum Gasteiger partial charge on any atom is -0.508 e. The highest BCUT2D eigenvalue weighted by Gasteiger charge is 2.64. The lowest BCUT2D eigenvalue weighted by atomic mass is 9.54. The molecule has 0 saturated heterocycles.